The fourth-order valence-electron chi connectivity index (χ4n) is 1.53. The number of amides is 1. The Bertz CT molecular complexity index is 620. The van der Waals surface area contributed by atoms with E-state index < -0.39 is 0 Å². The monoisotopic (exact) mass is 273 g/mol. The van der Waals surface area contributed by atoms with Gasteiger partial charge in [-0.2, -0.15) is 0 Å². The van der Waals surface area contributed by atoms with Crippen LogP contribution in [0.3, 0.4) is 0 Å². The molecule has 0 atom stereocenters. The maximum atomic E-state index is 11.5. The molecule has 0 spiro atoms. The summed E-state index contributed by atoms with van der Waals surface area (Å²) >= 11 is 0. The van der Waals surface area contributed by atoms with Gasteiger partial charge >= 0.3 is 0 Å². The van der Waals surface area contributed by atoms with Crippen LogP contribution < -0.4 is 5.32 Å². The van der Waals surface area contributed by atoms with Crippen LogP contribution in [-0.4, -0.2) is 23.9 Å². The predicted octanol–water partition coefficient (Wildman–Crippen LogP) is 2.28. The van der Waals surface area contributed by atoms with Gasteiger partial charge in [0.1, 0.15) is 5.76 Å². The van der Waals surface area contributed by atoms with E-state index in [1.807, 2.05) is 31.2 Å². The van der Waals surface area contributed by atoms with Gasteiger partial charge in [0.15, 0.2) is 12.4 Å². The first-order valence-corrected chi connectivity index (χ1v) is 6.09. The smallest absolute Gasteiger partial charge is 0.266 e. The van der Waals surface area contributed by atoms with Gasteiger partial charge in [-0.1, -0.05) is 34.6 Å². The van der Waals surface area contributed by atoms with Gasteiger partial charge in [0.2, 0.25) is 0 Å². The minimum absolute atomic E-state index is 0.186. The molecule has 0 saturated carbocycles. The van der Waals surface area contributed by atoms with E-state index in [1.54, 1.807) is 19.2 Å². The lowest BCUT2D eigenvalue weighted by atomic mass is 10.1. The van der Waals surface area contributed by atoms with Gasteiger partial charge in [-0.05, 0) is 25.0 Å². The Morgan fingerprint density at radius 3 is 2.95 bits per heavy atom. The van der Waals surface area contributed by atoms with E-state index in [9.17, 15) is 4.79 Å². The number of rotatable bonds is 5. The molecule has 0 aliphatic heterocycles. The summed E-state index contributed by atoms with van der Waals surface area (Å²) in [6.45, 7) is 3.53. The number of anilines is 1. The highest BCUT2D eigenvalue weighted by Gasteiger charge is 2.06. The zero-order chi connectivity index (χ0) is 14.4. The van der Waals surface area contributed by atoms with Gasteiger partial charge in [0.25, 0.3) is 5.91 Å². The molecule has 1 heterocycles. The van der Waals surface area contributed by atoms with Crippen molar-refractivity contribution >= 4 is 17.9 Å². The average Bonchev–Trinajstić information content (AvgIpc) is 2.82. The Morgan fingerprint density at radius 1 is 1.45 bits per heavy atom. The van der Waals surface area contributed by atoms with Gasteiger partial charge in [-0.3, -0.25) is 4.79 Å². The van der Waals surface area contributed by atoms with Crippen molar-refractivity contribution in [3.05, 3.63) is 47.2 Å². The van der Waals surface area contributed by atoms with Crippen molar-refractivity contribution in [2.24, 2.45) is 5.16 Å². The second-order valence-electron chi connectivity index (χ2n) is 4.24. The SMILES string of the molecule is Cc1cc(NC(=O)CO/N=C\c2ccccc2C)no1. The summed E-state index contributed by atoms with van der Waals surface area (Å²) in [5, 5.41) is 9.93. The third-order valence-corrected chi connectivity index (χ3v) is 2.55. The molecule has 6 heteroatoms. The fourth-order valence-corrected chi connectivity index (χ4v) is 1.53. The number of benzene rings is 1. The number of hydrogen-bond donors (Lipinski definition) is 1. The minimum Gasteiger partial charge on any atom is -0.386 e. The van der Waals surface area contributed by atoms with Crippen LogP contribution in [0.15, 0.2) is 40.0 Å². The topological polar surface area (TPSA) is 76.7 Å². The van der Waals surface area contributed by atoms with Crippen molar-refractivity contribution in [1.82, 2.24) is 5.16 Å². The van der Waals surface area contributed by atoms with Crippen molar-refractivity contribution in [2.75, 3.05) is 11.9 Å². The first-order chi connectivity index (χ1) is 9.65. The molecule has 2 aromatic rings. The Morgan fingerprint density at radius 2 is 2.25 bits per heavy atom. The molecule has 1 aromatic carbocycles. The molecule has 20 heavy (non-hydrogen) atoms. The van der Waals surface area contributed by atoms with Crippen LogP contribution in [0.1, 0.15) is 16.9 Å². The fraction of sp³-hybridized carbons (Fsp3) is 0.214. The van der Waals surface area contributed by atoms with Crippen molar-refractivity contribution < 1.29 is 14.2 Å². The summed E-state index contributed by atoms with van der Waals surface area (Å²) < 4.78 is 4.83. The Balaban J connectivity index is 1.78. The summed E-state index contributed by atoms with van der Waals surface area (Å²) in [6, 6.07) is 9.37. The molecule has 1 amide bonds. The number of nitrogens with zero attached hydrogens (tertiary/aromatic N) is 2. The van der Waals surface area contributed by atoms with E-state index >= 15 is 0 Å². The van der Waals surface area contributed by atoms with Gasteiger partial charge in [-0.15, -0.1) is 0 Å². The lowest BCUT2D eigenvalue weighted by Gasteiger charge is -2.00. The number of nitrogens with one attached hydrogen (secondary N) is 1. The van der Waals surface area contributed by atoms with Crippen LogP contribution in [0.5, 0.6) is 0 Å². The van der Waals surface area contributed by atoms with Gasteiger partial charge in [0, 0.05) is 6.07 Å². The minimum atomic E-state index is -0.347. The Kier molecular flexibility index (Phi) is 4.49. The standard InChI is InChI=1S/C14H15N3O3/c1-10-5-3-4-6-12(10)8-15-19-9-14(18)16-13-7-11(2)20-17-13/h3-8H,9H2,1-2H3,(H,16,17,18)/b15-8-. The molecule has 0 aliphatic carbocycles. The Hall–Kier alpha value is -2.63. The van der Waals surface area contributed by atoms with E-state index in [0.29, 0.717) is 11.6 Å². The largest absolute Gasteiger partial charge is 0.386 e. The average molecular weight is 273 g/mol. The van der Waals surface area contributed by atoms with Crippen molar-refractivity contribution in [3.8, 4) is 0 Å². The summed E-state index contributed by atoms with van der Waals surface area (Å²) in [4.78, 5) is 16.4. The second-order valence-corrected chi connectivity index (χ2v) is 4.24. The van der Waals surface area contributed by atoms with Crippen LogP contribution in [0.2, 0.25) is 0 Å². The number of carbonyl (C=O) groups is 1. The lowest BCUT2D eigenvalue weighted by molar-refractivity contribution is -0.120. The number of oxime groups is 1. The molecular weight excluding hydrogens is 258 g/mol. The molecule has 0 bridgehead atoms. The predicted molar refractivity (Wildman–Crippen MR) is 74.6 cm³/mol. The molecule has 0 unspecified atom stereocenters. The summed E-state index contributed by atoms with van der Waals surface area (Å²) in [5.74, 6) is 0.637. The van der Waals surface area contributed by atoms with Crippen molar-refractivity contribution in [3.63, 3.8) is 0 Å². The lowest BCUT2D eigenvalue weighted by Crippen LogP contribution is -2.17. The zero-order valence-electron chi connectivity index (χ0n) is 11.3. The summed E-state index contributed by atoms with van der Waals surface area (Å²) in [5.41, 5.74) is 2.03. The summed E-state index contributed by atoms with van der Waals surface area (Å²) in [7, 11) is 0. The first kappa shape index (κ1) is 13.8. The number of carbonyl (C=O) groups excluding carboxylic acids is 1. The van der Waals surface area contributed by atoms with Gasteiger partial charge < -0.3 is 14.7 Å². The zero-order valence-corrected chi connectivity index (χ0v) is 11.3. The van der Waals surface area contributed by atoms with E-state index in [2.05, 4.69) is 15.6 Å². The highest BCUT2D eigenvalue weighted by atomic mass is 16.6. The van der Waals surface area contributed by atoms with E-state index in [0.717, 1.165) is 11.1 Å². The molecule has 0 saturated heterocycles. The molecule has 2 rings (SSSR count). The quantitative estimate of drug-likeness (QED) is 0.669. The molecule has 1 aromatic heterocycles. The number of aryl methyl sites for hydroxylation is 2. The maximum absolute atomic E-state index is 11.5. The number of aromatic nitrogens is 1. The first-order valence-electron chi connectivity index (χ1n) is 6.09. The second kappa shape index (κ2) is 6.51. The molecule has 0 radical (unpaired) electrons. The molecule has 0 fully saturated rings. The highest BCUT2D eigenvalue weighted by molar-refractivity contribution is 5.90. The van der Waals surface area contributed by atoms with Crippen LogP contribution in [0.25, 0.3) is 0 Å². The van der Waals surface area contributed by atoms with Crippen LogP contribution >= 0.6 is 0 Å². The molecule has 1 N–H and O–H groups in total. The van der Waals surface area contributed by atoms with E-state index in [1.165, 1.54) is 0 Å². The normalized spacial score (nSPS) is 10.7. The molecule has 6 nitrogen and oxygen atoms in total. The van der Waals surface area contributed by atoms with Crippen LogP contribution in [0.4, 0.5) is 5.82 Å². The third kappa shape index (κ3) is 3.94. The van der Waals surface area contributed by atoms with Crippen molar-refractivity contribution in [1.29, 1.82) is 0 Å². The van der Waals surface area contributed by atoms with Crippen molar-refractivity contribution in [2.45, 2.75) is 13.8 Å². The number of hydrogen-bond acceptors (Lipinski definition) is 5. The molecule has 104 valence electrons. The van der Waals surface area contributed by atoms with Crippen LogP contribution in [0, 0.1) is 13.8 Å². The van der Waals surface area contributed by atoms with Gasteiger partial charge in [-0.25, -0.2) is 0 Å². The van der Waals surface area contributed by atoms with E-state index in [-0.39, 0.29) is 12.5 Å². The molecular formula is C14H15N3O3. The Labute approximate surface area is 116 Å². The molecule has 0 aliphatic rings. The third-order valence-electron chi connectivity index (χ3n) is 2.55. The highest BCUT2D eigenvalue weighted by Crippen LogP contribution is 2.06. The van der Waals surface area contributed by atoms with E-state index in [4.69, 9.17) is 9.36 Å². The van der Waals surface area contributed by atoms with Gasteiger partial charge in [0.05, 0.1) is 6.21 Å². The maximum Gasteiger partial charge on any atom is 0.266 e. The summed E-state index contributed by atoms with van der Waals surface area (Å²) in [6.07, 6.45) is 1.57. The van der Waals surface area contributed by atoms with Crippen LogP contribution in [-0.2, 0) is 9.63 Å².